The van der Waals surface area contributed by atoms with Gasteiger partial charge in [0.2, 0.25) is 0 Å². The Labute approximate surface area is 388 Å². The minimum absolute atomic E-state index is 0.00484. The molecule has 0 N–H and O–H groups in total. The lowest BCUT2D eigenvalue weighted by Gasteiger charge is -2.44. The number of para-hydroxylation sites is 4. The molecular formula is C60H59ClN2O2. The zero-order chi connectivity index (χ0) is 45.8. The Morgan fingerprint density at radius 3 is 1.11 bits per heavy atom. The monoisotopic (exact) mass is 874 g/mol. The minimum atomic E-state index is -0.114. The van der Waals surface area contributed by atoms with Crippen LogP contribution in [0.1, 0.15) is 105 Å². The molecule has 0 amide bonds. The first-order valence-corrected chi connectivity index (χ1v) is 23.6. The number of rotatable bonds is 6. The van der Waals surface area contributed by atoms with Crippen LogP contribution in [0, 0.1) is 10.8 Å². The number of nitrogens with zero attached hydrogens (tertiary/aromatic N) is 2. The molecule has 7 aromatic carbocycles. The van der Waals surface area contributed by atoms with Crippen molar-refractivity contribution in [2.45, 2.75) is 105 Å². The first-order chi connectivity index (χ1) is 30.7. The summed E-state index contributed by atoms with van der Waals surface area (Å²) in [5.41, 5.74) is 14.0. The van der Waals surface area contributed by atoms with Gasteiger partial charge < -0.3 is 18.6 Å². The van der Waals surface area contributed by atoms with Gasteiger partial charge in [-0.3, -0.25) is 0 Å². The second kappa shape index (κ2) is 13.5. The summed E-state index contributed by atoms with van der Waals surface area (Å²) in [5.74, 6) is 0. The molecule has 0 aliphatic heterocycles. The number of furan rings is 2. The molecule has 2 aromatic heterocycles. The van der Waals surface area contributed by atoms with Crippen LogP contribution in [0.4, 0.5) is 34.1 Å². The Morgan fingerprint density at radius 2 is 0.692 bits per heavy atom. The summed E-state index contributed by atoms with van der Waals surface area (Å²) < 4.78 is 13.7. The third kappa shape index (κ3) is 5.38. The molecule has 0 bridgehead atoms. The highest BCUT2D eigenvalue weighted by Gasteiger charge is 2.58. The van der Waals surface area contributed by atoms with Gasteiger partial charge >= 0.3 is 0 Å². The van der Waals surface area contributed by atoms with Gasteiger partial charge in [-0.05, 0) is 115 Å². The Hall–Kier alpha value is -5.97. The average molecular weight is 876 g/mol. The number of hydrogen-bond acceptors (Lipinski definition) is 4. The molecule has 0 fully saturated rings. The van der Waals surface area contributed by atoms with Crippen LogP contribution in [-0.4, -0.2) is 0 Å². The van der Waals surface area contributed by atoms with Gasteiger partial charge in [0.25, 0.3) is 0 Å². The zero-order valence-corrected chi connectivity index (χ0v) is 40.6. The number of hydrogen-bond donors (Lipinski definition) is 0. The SMILES string of the molecule is CC1(C)c2ccc(N(c3cccc(N(c4ccc5c(c4)C(C)(C)C(C)(C)C5(C)C)c4cccc5c4oc4ccccc45)c3Cl)c3cccc4c3oc3ccccc34)cc2C(C)(C)C1(C)C. The Balaban J connectivity index is 1.19. The van der Waals surface area contributed by atoms with Gasteiger partial charge in [-0.2, -0.15) is 0 Å². The quantitative estimate of drug-likeness (QED) is 0.167. The van der Waals surface area contributed by atoms with E-state index in [0.29, 0.717) is 5.02 Å². The molecule has 4 nitrogen and oxygen atoms in total. The topological polar surface area (TPSA) is 32.8 Å². The van der Waals surface area contributed by atoms with E-state index >= 15 is 0 Å². The molecule has 0 saturated carbocycles. The fourth-order valence-electron chi connectivity index (χ4n) is 11.9. The van der Waals surface area contributed by atoms with Crippen LogP contribution in [0.3, 0.4) is 0 Å². The van der Waals surface area contributed by atoms with E-state index in [1.165, 1.54) is 22.3 Å². The molecule has 0 spiro atoms. The molecule has 0 atom stereocenters. The maximum absolute atomic E-state index is 8.14. The summed E-state index contributed by atoms with van der Waals surface area (Å²) >= 11 is 8.14. The van der Waals surface area contributed by atoms with Gasteiger partial charge in [0.05, 0.1) is 27.8 Å². The van der Waals surface area contributed by atoms with Crippen molar-refractivity contribution in [3.63, 3.8) is 0 Å². The highest BCUT2D eigenvalue weighted by atomic mass is 35.5. The van der Waals surface area contributed by atoms with Crippen LogP contribution in [0.15, 0.2) is 148 Å². The van der Waals surface area contributed by atoms with Crippen molar-refractivity contribution in [3.8, 4) is 0 Å². The molecule has 5 heteroatoms. The standard InChI is InChI=1S/C60H59ClN2O2/c1-55(2)42-32-30-36(34-44(42)57(5,6)59(55,9)10)62(48-26-17-22-40-38-20-13-15-28-50(38)64-53(40)48)46-24-19-25-47(52(46)61)63(49-27-18-23-41-39-21-14-16-29-51(39)65-54(41)49)37-31-33-43-45(35-37)58(7,8)60(11,12)56(43,3)4/h13-35H,1-12H3. The molecule has 2 aliphatic rings. The van der Waals surface area contributed by atoms with Crippen LogP contribution in [0.25, 0.3) is 43.9 Å². The van der Waals surface area contributed by atoms with Gasteiger partial charge in [-0.15, -0.1) is 0 Å². The largest absolute Gasteiger partial charge is 0.454 e. The second-order valence-corrected chi connectivity index (χ2v) is 22.4. The summed E-state index contributed by atoms with van der Waals surface area (Å²) in [6.45, 7) is 28.9. The lowest BCUT2D eigenvalue weighted by Crippen LogP contribution is -2.42. The summed E-state index contributed by atoms with van der Waals surface area (Å²) in [4.78, 5) is 4.64. The zero-order valence-electron chi connectivity index (χ0n) is 39.9. The Bertz CT molecular complexity index is 3210. The van der Waals surface area contributed by atoms with Gasteiger partial charge in [-0.25, -0.2) is 0 Å². The summed E-state index contributed by atoms with van der Waals surface area (Å²) in [6, 6.07) is 50.1. The lowest BCUT2D eigenvalue weighted by atomic mass is 9.59. The van der Waals surface area contributed by atoms with Crippen molar-refractivity contribution in [3.05, 3.63) is 167 Å². The maximum Gasteiger partial charge on any atom is 0.159 e. The molecule has 9 aromatic rings. The number of fused-ring (bicyclic) bond motifs is 8. The first kappa shape index (κ1) is 41.7. The van der Waals surface area contributed by atoms with Crippen molar-refractivity contribution < 1.29 is 8.83 Å². The van der Waals surface area contributed by atoms with Gasteiger partial charge in [0, 0.05) is 32.9 Å². The van der Waals surface area contributed by atoms with E-state index in [0.717, 1.165) is 78.0 Å². The molecule has 0 radical (unpaired) electrons. The van der Waals surface area contributed by atoms with Crippen molar-refractivity contribution >= 4 is 89.6 Å². The van der Waals surface area contributed by atoms with Crippen LogP contribution < -0.4 is 9.80 Å². The molecule has 2 aliphatic carbocycles. The molecule has 65 heavy (non-hydrogen) atoms. The minimum Gasteiger partial charge on any atom is -0.454 e. The molecular weight excluding hydrogens is 816 g/mol. The van der Waals surface area contributed by atoms with Crippen molar-refractivity contribution in [2.24, 2.45) is 10.8 Å². The van der Waals surface area contributed by atoms with E-state index in [-0.39, 0.29) is 32.5 Å². The Kier molecular flexibility index (Phi) is 8.69. The number of benzene rings is 7. The lowest BCUT2D eigenvalue weighted by molar-refractivity contribution is 0.125. The average Bonchev–Trinajstić information content (AvgIpc) is 3.91. The summed E-state index contributed by atoms with van der Waals surface area (Å²) in [5, 5.41) is 4.89. The fraction of sp³-hybridized carbons (Fsp3) is 0.300. The predicted molar refractivity (Wildman–Crippen MR) is 275 cm³/mol. The predicted octanol–water partition coefficient (Wildman–Crippen LogP) is 18.3. The molecule has 328 valence electrons. The van der Waals surface area contributed by atoms with E-state index in [2.05, 4.69) is 220 Å². The van der Waals surface area contributed by atoms with Crippen LogP contribution in [-0.2, 0) is 21.7 Å². The molecule has 0 unspecified atom stereocenters. The summed E-state index contributed by atoms with van der Waals surface area (Å²) in [7, 11) is 0. The van der Waals surface area contributed by atoms with Gasteiger partial charge in [0.15, 0.2) is 11.2 Å². The third-order valence-electron chi connectivity index (χ3n) is 18.2. The number of anilines is 6. The first-order valence-electron chi connectivity index (χ1n) is 23.2. The second-order valence-electron chi connectivity index (χ2n) is 22.0. The highest BCUT2D eigenvalue weighted by molar-refractivity contribution is 6.37. The van der Waals surface area contributed by atoms with Crippen molar-refractivity contribution in [1.82, 2.24) is 0 Å². The van der Waals surface area contributed by atoms with E-state index in [9.17, 15) is 0 Å². The smallest absolute Gasteiger partial charge is 0.159 e. The van der Waals surface area contributed by atoms with E-state index in [1.807, 2.05) is 12.1 Å². The molecule has 11 rings (SSSR count). The van der Waals surface area contributed by atoms with Crippen LogP contribution in [0.5, 0.6) is 0 Å². The van der Waals surface area contributed by atoms with Gasteiger partial charge in [-0.1, -0.05) is 174 Å². The normalized spacial score (nSPS) is 18.4. The van der Waals surface area contributed by atoms with E-state index in [4.69, 9.17) is 20.4 Å². The molecule has 0 saturated heterocycles. The summed E-state index contributed by atoms with van der Waals surface area (Å²) in [6.07, 6.45) is 0. The van der Waals surface area contributed by atoms with E-state index < -0.39 is 0 Å². The molecule has 2 heterocycles. The van der Waals surface area contributed by atoms with Gasteiger partial charge in [0.1, 0.15) is 11.2 Å². The number of halogens is 1. The maximum atomic E-state index is 8.14. The van der Waals surface area contributed by atoms with Crippen molar-refractivity contribution in [1.29, 1.82) is 0 Å². The Morgan fingerprint density at radius 1 is 0.354 bits per heavy atom. The van der Waals surface area contributed by atoms with Crippen molar-refractivity contribution in [2.75, 3.05) is 9.80 Å². The fourth-order valence-corrected chi connectivity index (χ4v) is 12.2. The van der Waals surface area contributed by atoms with Crippen LogP contribution >= 0.6 is 11.6 Å². The van der Waals surface area contributed by atoms with E-state index in [1.54, 1.807) is 0 Å². The highest BCUT2D eigenvalue weighted by Crippen LogP contribution is 2.64. The van der Waals surface area contributed by atoms with Crippen LogP contribution in [0.2, 0.25) is 5.02 Å². The third-order valence-corrected chi connectivity index (χ3v) is 18.5.